The predicted octanol–water partition coefficient (Wildman–Crippen LogP) is 3.50. The van der Waals surface area contributed by atoms with Crippen LogP contribution in [-0.4, -0.2) is 25.3 Å². The molecule has 0 aromatic heterocycles. The van der Waals surface area contributed by atoms with Crippen molar-refractivity contribution in [1.82, 2.24) is 0 Å². The molecule has 1 aromatic rings. The van der Waals surface area contributed by atoms with Crippen molar-refractivity contribution >= 4 is 21.6 Å². The van der Waals surface area contributed by atoms with Gasteiger partial charge >= 0.3 is 0 Å². The van der Waals surface area contributed by atoms with Gasteiger partial charge in [0.15, 0.2) is 0 Å². The van der Waals surface area contributed by atoms with Crippen LogP contribution < -0.4 is 4.90 Å². The number of aryl methyl sites for hydroxylation is 1. The number of nitrogens with zero attached hydrogens (tertiary/aromatic N) is 1. The third-order valence-corrected chi connectivity index (χ3v) is 4.01. The van der Waals surface area contributed by atoms with Gasteiger partial charge in [-0.05, 0) is 44.0 Å². The lowest BCUT2D eigenvalue weighted by molar-refractivity contribution is 0.0344. The Kier molecular flexibility index (Phi) is 4.10. The van der Waals surface area contributed by atoms with E-state index in [1.807, 2.05) is 0 Å². The lowest BCUT2D eigenvalue weighted by atomic mass is 10.1. The van der Waals surface area contributed by atoms with Crippen molar-refractivity contribution in [2.75, 3.05) is 18.1 Å². The smallest absolute Gasteiger partial charge is 0.0723 e. The summed E-state index contributed by atoms with van der Waals surface area (Å²) < 4.78 is 5.67. The Balaban J connectivity index is 2.23. The molecule has 94 valence electrons. The van der Waals surface area contributed by atoms with Crippen molar-refractivity contribution in [1.29, 1.82) is 0 Å². The largest absolute Gasteiger partial charge is 0.375 e. The number of benzene rings is 1. The van der Waals surface area contributed by atoms with Gasteiger partial charge in [0, 0.05) is 23.6 Å². The highest BCUT2D eigenvalue weighted by atomic mass is 79.9. The zero-order valence-corrected chi connectivity index (χ0v) is 12.3. The van der Waals surface area contributed by atoms with Gasteiger partial charge in [0.2, 0.25) is 0 Å². The van der Waals surface area contributed by atoms with Gasteiger partial charge < -0.3 is 9.64 Å². The molecule has 2 nitrogen and oxygen atoms in total. The molecule has 0 N–H and O–H groups in total. The van der Waals surface area contributed by atoms with Crippen LogP contribution in [0.25, 0.3) is 0 Å². The first-order valence-electron chi connectivity index (χ1n) is 6.15. The Labute approximate surface area is 112 Å². The van der Waals surface area contributed by atoms with Crippen LogP contribution in [0.5, 0.6) is 0 Å². The number of halogens is 1. The van der Waals surface area contributed by atoms with E-state index in [1.54, 1.807) is 0 Å². The molecule has 2 atom stereocenters. The molecule has 17 heavy (non-hydrogen) atoms. The van der Waals surface area contributed by atoms with Gasteiger partial charge in [0.1, 0.15) is 0 Å². The molecule has 0 bridgehead atoms. The molecule has 0 aliphatic carbocycles. The number of rotatable bonds is 2. The van der Waals surface area contributed by atoms with Crippen molar-refractivity contribution < 1.29 is 4.74 Å². The Morgan fingerprint density at radius 2 is 2.18 bits per heavy atom. The number of hydrogen-bond donors (Lipinski definition) is 0. The van der Waals surface area contributed by atoms with E-state index in [1.165, 1.54) is 16.8 Å². The number of hydrogen-bond acceptors (Lipinski definition) is 2. The maximum absolute atomic E-state index is 5.67. The SMILES string of the molecule is Cc1cc(N2CC(C)OCC2C)ccc1CBr. The van der Waals surface area contributed by atoms with Gasteiger partial charge in [-0.1, -0.05) is 22.0 Å². The van der Waals surface area contributed by atoms with E-state index in [2.05, 4.69) is 59.8 Å². The molecule has 0 spiro atoms. The van der Waals surface area contributed by atoms with Crippen LogP contribution in [0.1, 0.15) is 25.0 Å². The van der Waals surface area contributed by atoms with E-state index in [-0.39, 0.29) is 0 Å². The summed E-state index contributed by atoms with van der Waals surface area (Å²) in [5.74, 6) is 0. The van der Waals surface area contributed by atoms with E-state index in [0.29, 0.717) is 12.1 Å². The van der Waals surface area contributed by atoms with Crippen molar-refractivity contribution in [3.8, 4) is 0 Å². The summed E-state index contributed by atoms with van der Waals surface area (Å²) in [5.41, 5.74) is 4.03. The fraction of sp³-hybridized carbons (Fsp3) is 0.571. The molecular weight excluding hydrogens is 278 g/mol. The molecule has 2 unspecified atom stereocenters. The van der Waals surface area contributed by atoms with Gasteiger partial charge in [0.25, 0.3) is 0 Å². The zero-order chi connectivity index (χ0) is 12.4. The molecule has 0 radical (unpaired) electrons. The monoisotopic (exact) mass is 297 g/mol. The normalized spacial score (nSPS) is 25.1. The molecule has 0 saturated carbocycles. The first-order chi connectivity index (χ1) is 8.11. The fourth-order valence-electron chi connectivity index (χ4n) is 2.27. The quantitative estimate of drug-likeness (QED) is 0.775. The Hall–Kier alpha value is -0.540. The van der Waals surface area contributed by atoms with Crippen molar-refractivity contribution in [3.05, 3.63) is 29.3 Å². The summed E-state index contributed by atoms with van der Waals surface area (Å²) in [6.45, 7) is 8.33. The summed E-state index contributed by atoms with van der Waals surface area (Å²) in [6.07, 6.45) is 0.322. The van der Waals surface area contributed by atoms with E-state index < -0.39 is 0 Å². The van der Waals surface area contributed by atoms with Crippen LogP contribution in [-0.2, 0) is 10.1 Å². The molecule has 1 aliphatic heterocycles. The van der Waals surface area contributed by atoms with E-state index in [9.17, 15) is 0 Å². The predicted molar refractivity (Wildman–Crippen MR) is 76.0 cm³/mol. The summed E-state index contributed by atoms with van der Waals surface area (Å²) in [6, 6.07) is 7.18. The molecule has 0 amide bonds. The van der Waals surface area contributed by atoms with Gasteiger partial charge in [0.05, 0.1) is 12.7 Å². The number of anilines is 1. The van der Waals surface area contributed by atoms with Gasteiger partial charge in [-0.15, -0.1) is 0 Å². The van der Waals surface area contributed by atoms with Crippen LogP contribution in [0.3, 0.4) is 0 Å². The summed E-state index contributed by atoms with van der Waals surface area (Å²) in [7, 11) is 0. The van der Waals surface area contributed by atoms with Crippen molar-refractivity contribution in [2.45, 2.75) is 38.2 Å². The third kappa shape index (κ3) is 2.83. The molecule has 1 aliphatic rings. The van der Waals surface area contributed by atoms with Crippen LogP contribution in [0.15, 0.2) is 18.2 Å². The minimum Gasteiger partial charge on any atom is -0.375 e. The lowest BCUT2D eigenvalue weighted by Gasteiger charge is -2.38. The zero-order valence-electron chi connectivity index (χ0n) is 10.7. The maximum atomic E-state index is 5.67. The Morgan fingerprint density at radius 3 is 2.82 bits per heavy atom. The highest BCUT2D eigenvalue weighted by molar-refractivity contribution is 9.08. The second kappa shape index (κ2) is 5.40. The van der Waals surface area contributed by atoms with Gasteiger partial charge in [-0.25, -0.2) is 0 Å². The van der Waals surface area contributed by atoms with E-state index >= 15 is 0 Å². The average molecular weight is 298 g/mol. The van der Waals surface area contributed by atoms with Gasteiger partial charge in [-0.2, -0.15) is 0 Å². The number of alkyl halides is 1. The molecule has 2 rings (SSSR count). The Bertz CT molecular complexity index is 394. The molecule has 3 heteroatoms. The first-order valence-corrected chi connectivity index (χ1v) is 7.27. The van der Waals surface area contributed by atoms with E-state index in [4.69, 9.17) is 4.74 Å². The molecule has 1 fully saturated rings. The third-order valence-electron chi connectivity index (χ3n) is 3.41. The van der Waals surface area contributed by atoms with Crippen LogP contribution >= 0.6 is 15.9 Å². The fourth-order valence-corrected chi connectivity index (χ4v) is 2.90. The highest BCUT2D eigenvalue weighted by Gasteiger charge is 2.23. The Morgan fingerprint density at radius 1 is 1.41 bits per heavy atom. The first kappa shape index (κ1) is 12.9. The van der Waals surface area contributed by atoms with Crippen LogP contribution in [0.2, 0.25) is 0 Å². The molecule has 1 saturated heterocycles. The van der Waals surface area contributed by atoms with Crippen molar-refractivity contribution in [3.63, 3.8) is 0 Å². The maximum Gasteiger partial charge on any atom is 0.0723 e. The minimum absolute atomic E-state index is 0.322. The van der Waals surface area contributed by atoms with Crippen LogP contribution in [0.4, 0.5) is 5.69 Å². The highest BCUT2D eigenvalue weighted by Crippen LogP contribution is 2.25. The van der Waals surface area contributed by atoms with Crippen molar-refractivity contribution in [2.24, 2.45) is 0 Å². The second-order valence-corrected chi connectivity index (χ2v) is 5.45. The molecule has 1 heterocycles. The second-order valence-electron chi connectivity index (χ2n) is 4.89. The molecular formula is C14H20BrNO. The topological polar surface area (TPSA) is 12.5 Å². The van der Waals surface area contributed by atoms with Gasteiger partial charge in [-0.3, -0.25) is 0 Å². The number of morpholine rings is 1. The summed E-state index contributed by atoms with van der Waals surface area (Å²) >= 11 is 3.52. The van der Waals surface area contributed by atoms with Crippen LogP contribution in [0, 0.1) is 6.92 Å². The number of ether oxygens (including phenoxy) is 1. The standard InChI is InChI=1S/C14H20BrNO/c1-10-6-14(5-4-13(10)7-15)16-8-12(3)17-9-11(16)2/h4-6,11-12H,7-9H2,1-3H3. The lowest BCUT2D eigenvalue weighted by Crippen LogP contribution is -2.47. The van der Waals surface area contributed by atoms with E-state index in [0.717, 1.165) is 18.5 Å². The summed E-state index contributed by atoms with van der Waals surface area (Å²) in [4.78, 5) is 2.44. The average Bonchev–Trinajstić information content (AvgIpc) is 2.32. The molecule has 1 aromatic carbocycles. The summed E-state index contributed by atoms with van der Waals surface area (Å²) in [5, 5.41) is 0.925. The minimum atomic E-state index is 0.322.